The topological polar surface area (TPSA) is 3.24 Å². The summed E-state index contributed by atoms with van der Waals surface area (Å²) in [5, 5.41) is 0. The Hall–Kier alpha value is 0.310. The van der Waals surface area contributed by atoms with E-state index in [9.17, 15) is 0 Å². The van der Waals surface area contributed by atoms with Crippen molar-refractivity contribution in [2.24, 2.45) is 17.8 Å². The van der Waals surface area contributed by atoms with Crippen LogP contribution < -0.4 is 0 Å². The van der Waals surface area contributed by atoms with E-state index in [4.69, 9.17) is 0 Å². The van der Waals surface area contributed by atoms with E-state index in [1.807, 2.05) is 0 Å². The molecule has 0 N–H and O–H groups in total. The van der Waals surface area contributed by atoms with Crippen molar-refractivity contribution in [3.8, 4) is 0 Å². The first-order valence-electron chi connectivity index (χ1n) is 5.72. The van der Waals surface area contributed by atoms with E-state index in [0.29, 0.717) is 0 Å². The fraction of sp³-hybridized carbons (Fsp3) is 1.00. The van der Waals surface area contributed by atoms with Gasteiger partial charge in [0.05, 0.1) is 0 Å². The monoisotopic (exact) mass is 197 g/mol. The molecule has 2 heteroatoms. The van der Waals surface area contributed by atoms with Gasteiger partial charge < -0.3 is 4.90 Å². The van der Waals surface area contributed by atoms with E-state index < -0.39 is 0 Å². The first-order valence-corrected chi connectivity index (χ1v) is 6.87. The Morgan fingerprint density at radius 3 is 2.54 bits per heavy atom. The highest BCUT2D eigenvalue weighted by molar-refractivity contribution is 7.99. The summed E-state index contributed by atoms with van der Waals surface area (Å²) in [6, 6.07) is 0. The van der Waals surface area contributed by atoms with Crippen molar-refractivity contribution < 1.29 is 0 Å². The van der Waals surface area contributed by atoms with E-state index in [2.05, 4.69) is 16.7 Å². The van der Waals surface area contributed by atoms with E-state index in [-0.39, 0.29) is 0 Å². The van der Waals surface area contributed by atoms with Gasteiger partial charge in [0, 0.05) is 19.6 Å². The van der Waals surface area contributed by atoms with Crippen LogP contribution in [0.5, 0.6) is 0 Å². The van der Waals surface area contributed by atoms with Crippen molar-refractivity contribution in [1.29, 1.82) is 0 Å². The molecule has 1 saturated carbocycles. The highest BCUT2D eigenvalue weighted by Gasteiger charge is 2.39. The van der Waals surface area contributed by atoms with Crippen LogP contribution in [0.2, 0.25) is 0 Å². The van der Waals surface area contributed by atoms with Gasteiger partial charge in [0.2, 0.25) is 0 Å². The molecule has 1 unspecified atom stereocenters. The largest absolute Gasteiger partial charge is 0.302 e. The van der Waals surface area contributed by atoms with Gasteiger partial charge in [0.25, 0.3) is 0 Å². The standard InChI is InChI=1S/C11H19NS/c1-2-10(1)11-6-12(7-11)5-9-3-4-13-8-9/h9-11H,1-8H2. The molecule has 2 heterocycles. The highest BCUT2D eigenvalue weighted by atomic mass is 32.2. The summed E-state index contributed by atoms with van der Waals surface area (Å²) in [4.78, 5) is 2.69. The molecular weight excluding hydrogens is 178 g/mol. The normalized spacial score (nSPS) is 36.5. The zero-order chi connectivity index (χ0) is 8.67. The molecule has 0 aromatic carbocycles. The van der Waals surface area contributed by atoms with Crippen LogP contribution in [0.25, 0.3) is 0 Å². The fourth-order valence-electron chi connectivity index (χ4n) is 2.72. The molecule has 74 valence electrons. The average Bonchev–Trinajstić information content (AvgIpc) is 2.75. The van der Waals surface area contributed by atoms with Crippen LogP contribution in [0.4, 0.5) is 0 Å². The smallest absolute Gasteiger partial charge is 0.00248 e. The Labute approximate surface area is 85.3 Å². The van der Waals surface area contributed by atoms with Crippen LogP contribution in [0.15, 0.2) is 0 Å². The Kier molecular flexibility index (Phi) is 2.30. The maximum atomic E-state index is 2.69. The summed E-state index contributed by atoms with van der Waals surface area (Å²) in [5.74, 6) is 6.14. The summed E-state index contributed by atoms with van der Waals surface area (Å²) in [6.07, 6.45) is 4.56. The molecule has 0 aromatic heterocycles. The predicted octanol–water partition coefficient (Wildman–Crippen LogP) is 2.08. The summed E-state index contributed by atoms with van der Waals surface area (Å²) in [6.45, 7) is 4.29. The number of thioether (sulfide) groups is 1. The first-order chi connectivity index (χ1) is 6.42. The lowest BCUT2D eigenvalue weighted by Crippen LogP contribution is -2.49. The maximum Gasteiger partial charge on any atom is 0.00248 e. The number of hydrogen-bond donors (Lipinski definition) is 0. The fourth-order valence-corrected chi connectivity index (χ4v) is 3.99. The van der Waals surface area contributed by atoms with Gasteiger partial charge >= 0.3 is 0 Å². The van der Waals surface area contributed by atoms with Crippen LogP contribution in [0, 0.1) is 17.8 Å². The second-order valence-electron chi connectivity index (χ2n) is 5.05. The zero-order valence-corrected chi connectivity index (χ0v) is 9.06. The molecule has 2 aliphatic heterocycles. The Bertz CT molecular complexity index is 179. The van der Waals surface area contributed by atoms with Gasteiger partial charge in [-0.25, -0.2) is 0 Å². The van der Waals surface area contributed by atoms with Gasteiger partial charge in [-0.15, -0.1) is 0 Å². The third-order valence-electron chi connectivity index (χ3n) is 3.81. The number of likely N-dealkylation sites (tertiary alicyclic amines) is 1. The van der Waals surface area contributed by atoms with Crippen LogP contribution in [0.3, 0.4) is 0 Å². The maximum absolute atomic E-state index is 2.69. The van der Waals surface area contributed by atoms with Gasteiger partial charge in [-0.05, 0) is 48.5 Å². The van der Waals surface area contributed by atoms with Crippen molar-refractivity contribution >= 4 is 11.8 Å². The van der Waals surface area contributed by atoms with Crippen molar-refractivity contribution in [3.05, 3.63) is 0 Å². The average molecular weight is 197 g/mol. The molecule has 2 saturated heterocycles. The van der Waals surface area contributed by atoms with E-state index in [1.54, 1.807) is 0 Å². The third kappa shape index (κ3) is 1.89. The second kappa shape index (κ2) is 3.47. The van der Waals surface area contributed by atoms with Crippen LogP contribution in [-0.2, 0) is 0 Å². The van der Waals surface area contributed by atoms with Crippen LogP contribution in [-0.4, -0.2) is 36.0 Å². The molecule has 0 spiro atoms. The SMILES string of the molecule is C1CC(CN2CC(C3CC3)C2)CS1. The highest BCUT2D eigenvalue weighted by Crippen LogP contribution is 2.41. The lowest BCUT2D eigenvalue weighted by molar-refractivity contribution is 0.0717. The number of hydrogen-bond acceptors (Lipinski definition) is 2. The zero-order valence-electron chi connectivity index (χ0n) is 8.24. The molecular formula is C11H19NS. The number of rotatable bonds is 3. The van der Waals surface area contributed by atoms with Gasteiger partial charge in [-0.3, -0.25) is 0 Å². The molecule has 13 heavy (non-hydrogen) atoms. The summed E-state index contributed by atoms with van der Waals surface area (Å²) in [7, 11) is 0. The molecule has 1 atom stereocenters. The Morgan fingerprint density at radius 2 is 1.92 bits per heavy atom. The lowest BCUT2D eigenvalue weighted by Gasteiger charge is -2.41. The molecule has 3 aliphatic rings. The molecule has 0 bridgehead atoms. The molecule has 1 aliphatic carbocycles. The van der Waals surface area contributed by atoms with Gasteiger partial charge in [-0.2, -0.15) is 11.8 Å². The minimum absolute atomic E-state index is 1.03. The summed E-state index contributed by atoms with van der Waals surface area (Å²) >= 11 is 2.15. The number of nitrogens with zero attached hydrogens (tertiary/aromatic N) is 1. The van der Waals surface area contributed by atoms with Gasteiger partial charge in [0.1, 0.15) is 0 Å². The van der Waals surface area contributed by atoms with Crippen LogP contribution in [0.1, 0.15) is 19.3 Å². The summed E-state index contributed by atoms with van der Waals surface area (Å²) in [5.41, 5.74) is 0. The van der Waals surface area contributed by atoms with Gasteiger partial charge in [0.15, 0.2) is 0 Å². The lowest BCUT2D eigenvalue weighted by atomic mass is 9.93. The second-order valence-corrected chi connectivity index (χ2v) is 6.20. The molecule has 0 radical (unpaired) electrons. The Balaban J connectivity index is 1.38. The predicted molar refractivity (Wildman–Crippen MR) is 58.1 cm³/mol. The van der Waals surface area contributed by atoms with E-state index in [0.717, 1.165) is 17.8 Å². The molecule has 3 rings (SSSR count). The molecule has 3 fully saturated rings. The molecule has 0 amide bonds. The van der Waals surface area contributed by atoms with Crippen molar-refractivity contribution in [2.45, 2.75) is 19.3 Å². The third-order valence-corrected chi connectivity index (χ3v) is 5.05. The molecule has 0 aromatic rings. The van der Waals surface area contributed by atoms with E-state index >= 15 is 0 Å². The van der Waals surface area contributed by atoms with E-state index in [1.165, 1.54) is 50.4 Å². The van der Waals surface area contributed by atoms with Gasteiger partial charge in [-0.1, -0.05) is 0 Å². The quantitative estimate of drug-likeness (QED) is 0.681. The minimum Gasteiger partial charge on any atom is -0.302 e. The van der Waals surface area contributed by atoms with Crippen LogP contribution >= 0.6 is 11.8 Å². The van der Waals surface area contributed by atoms with Crippen molar-refractivity contribution in [2.75, 3.05) is 31.1 Å². The summed E-state index contributed by atoms with van der Waals surface area (Å²) < 4.78 is 0. The minimum atomic E-state index is 1.03. The van der Waals surface area contributed by atoms with Crippen molar-refractivity contribution in [1.82, 2.24) is 4.90 Å². The molecule has 1 nitrogen and oxygen atoms in total. The Morgan fingerprint density at radius 1 is 1.08 bits per heavy atom. The van der Waals surface area contributed by atoms with Crippen molar-refractivity contribution in [3.63, 3.8) is 0 Å². The first kappa shape index (κ1) is 8.60.